The quantitative estimate of drug-likeness (QED) is 0.675. The Balaban J connectivity index is 2.68. The second-order valence-electron chi connectivity index (χ2n) is 5.30. The van der Waals surface area contributed by atoms with Crippen LogP contribution in [0.1, 0.15) is 55.8 Å². The number of nitrogens with one attached hydrogen (secondary N) is 1. The Bertz CT molecular complexity index is 362. The van der Waals surface area contributed by atoms with Gasteiger partial charge in [-0.25, -0.2) is 0 Å². The van der Waals surface area contributed by atoms with Gasteiger partial charge in [0.15, 0.2) is 0 Å². The Morgan fingerprint density at radius 1 is 1.16 bits per heavy atom. The molecule has 1 aromatic carbocycles. The summed E-state index contributed by atoms with van der Waals surface area (Å²) in [5.74, 6) is 0. The fourth-order valence-electron chi connectivity index (χ4n) is 2.16. The van der Waals surface area contributed by atoms with E-state index in [9.17, 15) is 0 Å². The molecule has 0 saturated heterocycles. The van der Waals surface area contributed by atoms with Crippen LogP contribution >= 0.6 is 0 Å². The van der Waals surface area contributed by atoms with Crippen molar-refractivity contribution in [3.05, 3.63) is 34.9 Å². The third kappa shape index (κ3) is 5.75. The summed E-state index contributed by atoms with van der Waals surface area (Å²) in [6, 6.07) is 6.98. The van der Waals surface area contributed by atoms with Gasteiger partial charge in [-0.1, -0.05) is 44.0 Å². The van der Waals surface area contributed by atoms with E-state index in [0.29, 0.717) is 6.04 Å². The molecule has 2 heteroatoms. The van der Waals surface area contributed by atoms with Crippen LogP contribution in [-0.2, 0) is 4.74 Å². The second kappa shape index (κ2) is 9.11. The fourth-order valence-corrected chi connectivity index (χ4v) is 2.16. The molecule has 19 heavy (non-hydrogen) atoms. The average Bonchev–Trinajstić information content (AvgIpc) is 2.41. The van der Waals surface area contributed by atoms with Gasteiger partial charge in [0.25, 0.3) is 0 Å². The molecule has 2 nitrogen and oxygen atoms in total. The Kier molecular flexibility index (Phi) is 7.76. The lowest BCUT2D eigenvalue weighted by molar-refractivity contribution is 0.109. The minimum Gasteiger partial charge on any atom is -0.379 e. The van der Waals surface area contributed by atoms with E-state index in [4.69, 9.17) is 4.74 Å². The minimum atomic E-state index is 0.316. The number of rotatable bonds is 9. The predicted molar refractivity (Wildman–Crippen MR) is 82.7 cm³/mol. The Morgan fingerprint density at radius 3 is 2.63 bits per heavy atom. The van der Waals surface area contributed by atoms with E-state index in [2.05, 4.69) is 51.2 Å². The zero-order chi connectivity index (χ0) is 14.1. The van der Waals surface area contributed by atoms with Gasteiger partial charge in [0.2, 0.25) is 0 Å². The highest BCUT2D eigenvalue weighted by atomic mass is 16.5. The van der Waals surface area contributed by atoms with Crippen LogP contribution < -0.4 is 5.32 Å². The molecule has 0 aliphatic rings. The zero-order valence-electron chi connectivity index (χ0n) is 13.0. The topological polar surface area (TPSA) is 21.3 Å². The van der Waals surface area contributed by atoms with Crippen LogP contribution in [0.15, 0.2) is 18.2 Å². The molecule has 108 valence electrons. The molecule has 0 aromatic heterocycles. The molecule has 0 fully saturated rings. The SMILES string of the molecule is CCCCOCC(NCCC)c1cc(C)ccc1C. The lowest BCUT2D eigenvalue weighted by atomic mass is 9.99. The summed E-state index contributed by atoms with van der Waals surface area (Å²) < 4.78 is 5.82. The Labute approximate surface area is 118 Å². The van der Waals surface area contributed by atoms with E-state index >= 15 is 0 Å². The van der Waals surface area contributed by atoms with Crippen molar-refractivity contribution >= 4 is 0 Å². The number of benzene rings is 1. The van der Waals surface area contributed by atoms with Crippen LogP contribution in [0.5, 0.6) is 0 Å². The van der Waals surface area contributed by atoms with Crippen LogP contribution in [-0.4, -0.2) is 19.8 Å². The first-order valence-electron chi connectivity index (χ1n) is 7.57. The van der Waals surface area contributed by atoms with Gasteiger partial charge in [-0.05, 0) is 44.4 Å². The molecular weight excluding hydrogens is 234 g/mol. The van der Waals surface area contributed by atoms with E-state index in [1.807, 2.05) is 0 Å². The third-order valence-corrected chi connectivity index (χ3v) is 3.38. The van der Waals surface area contributed by atoms with Crippen LogP contribution in [0, 0.1) is 13.8 Å². The maximum absolute atomic E-state index is 5.82. The van der Waals surface area contributed by atoms with Gasteiger partial charge in [0, 0.05) is 6.61 Å². The van der Waals surface area contributed by atoms with E-state index in [1.54, 1.807) is 0 Å². The van der Waals surface area contributed by atoms with E-state index < -0.39 is 0 Å². The number of hydrogen-bond acceptors (Lipinski definition) is 2. The van der Waals surface area contributed by atoms with Crippen molar-refractivity contribution < 1.29 is 4.74 Å². The number of hydrogen-bond donors (Lipinski definition) is 1. The van der Waals surface area contributed by atoms with Crippen molar-refractivity contribution in [1.82, 2.24) is 5.32 Å². The molecule has 1 N–H and O–H groups in total. The highest BCUT2D eigenvalue weighted by Crippen LogP contribution is 2.20. The van der Waals surface area contributed by atoms with E-state index in [1.165, 1.54) is 23.1 Å². The molecule has 0 saturated carbocycles. The molecule has 0 radical (unpaired) electrons. The number of ether oxygens (including phenoxy) is 1. The van der Waals surface area contributed by atoms with Crippen molar-refractivity contribution in [2.45, 2.75) is 53.0 Å². The van der Waals surface area contributed by atoms with Gasteiger partial charge in [0.05, 0.1) is 12.6 Å². The van der Waals surface area contributed by atoms with Gasteiger partial charge in [-0.15, -0.1) is 0 Å². The number of aryl methyl sites for hydroxylation is 2. The lowest BCUT2D eigenvalue weighted by Crippen LogP contribution is -2.27. The predicted octanol–water partition coefficient (Wildman–Crippen LogP) is 4.16. The highest BCUT2D eigenvalue weighted by Gasteiger charge is 2.13. The van der Waals surface area contributed by atoms with Gasteiger partial charge >= 0.3 is 0 Å². The van der Waals surface area contributed by atoms with Crippen molar-refractivity contribution in [2.24, 2.45) is 0 Å². The summed E-state index contributed by atoms with van der Waals surface area (Å²) >= 11 is 0. The second-order valence-corrected chi connectivity index (χ2v) is 5.30. The molecule has 0 bridgehead atoms. The van der Waals surface area contributed by atoms with Gasteiger partial charge in [0.1, 0.15) is 0 Å². The fraction of sp³-hybridized carbons (Fsp3) is 0.647. The molecule has 1 aromatic rings. The molecular formula is C17H29NO. The first-order valence-corrected chi connectivity index (χ1v) is 7.57. The first kappa shape index (κ1) is 16.2. The zero-order valence-corrected chi connectivity index (χ0v) is 13.0. The normalized spacial score (nSPS) is 12.6. The molecule has 0 spiro atoms. The average molecular weight is 263 g/mol. The molecule has 0 aliphatic carbocycles. The van der Waals surface area contributed by atoms with Crippen molar-refractivity contribution in [1.29, 1.82) is 0 Å². The molecule has 0 amide bonds. The lowest BCUT2D eigenvalue weighted by Gasteiger charge is -2.21. The Hall–Kier alpha value is -0.860. The molecule has 1 rings (SSSR count). The third-order valence-electron chi connectivity index (χ3n) is 3.38. The summed E-state index contributed by atoms with van der Waals surface area (Å²) in [5, 5.41) is 3.61. The monoisotopic (exact) mass is 263 g/mol. The summed E-state index contributed by atoms with van der Waals surface area (Å²) in [5.41, 5.74) is 4.04. The van der Waals surface area contributed by atoms with Crippen LogP contribution in [0.2, 0.25) is 0 Å². The minimum absolute atomic E-state index is 0.316. The summed E-state index contributed by atoms with van der Waals surface area (Å²) in [7, 11) is 0. The standard InChI is InChI=1S/C17H29NO/c1-5-7-11-19-13-17(18-10-6-2)16-12-14(3)8-9-15(16)4/h8-9,12,17-18H,5-7,10-11,13H2,1-4H3. The Morgan fingerprint density at radius 2 is 1.95 bits per heavy atom. The van der Waals surface area contributed by atoms with Crippen LogP contribution in [0.4, 0.5) is 0 Å². The summed E-state index contributed by atoms with van der Waals surface area (Å²) in [6.07, 6.45) is 3.49. The van der Waals surface area contributed by atoms with Crippen molar-refractivity contribution in [3.8, 4) is 0 Å². The first-order chi connectivity index (χ1) is 9.19. The molecule has 1 atom stereocenters. The molecule has 1 unspecified atom stereocenters. The summed E-state index contributed by atoms with van der Waals surface area (Å²) in [4.78, 5) is 0. The maximum atomic E-state index is 5.82. The summed E-state index contributed by atoms with van der Waals surface area (Å²) in [6.45, 7) is 11.4. The van der Waals surface area contributed by atoms with Crippen molar-refractivity contribution in [3.63, 3.8) is 0 Å². The largest absolute Gasteiger partial charge is 0.379 e. The highest BCUT2D eigenvalue weighted by molar-refractivity contribution is 5.33. The van der Waals surface area contributed by atoms with Gasteiger partial charge in [-0.2, -0.15) is 0 Å². The van der Waals surface area contributed by atoms with E-state index in [-0.39, 0.29) is 0 Å². The smallest absolute Gasteiger partial charge is 0.0661 e. The van der Waals surface area contributed by atoms with Gasteiger partial charge < -0.3 is 10.1 Å². The van der Waals surface area contributed by atoms with Gasteiger partial charge in [-0.3, -0.25) is 0 Å². The molecule has 0 heterocycles. The van der Waals surface area contributed by atoms with E-state index in [0.717, 1.165) is 32.6 Å². The molecule has 0 aliphatic heterocycles. The van der Waals surface area contributed by atoms with Crippen LogP contribution in [0.3, 0.4) is 0 Å². The van der Waals surface area contributed by atoms with Crippen molar-refractivity contribution in [2.75, 3.05) is 19.8 Å². The number of unbranched alkanes of at least 4 members (excludes halogenated alkanes) is 1. The maximum Gasteiger partial charge on any atom is 0.0661 e. The van der Waals surface area contributed by atoms with Crippen LogP contribution in [0.25, 0.3) is 0 Å².